The minimum Gasteiger partial charge on any atom is -0.330 e. The van der Waals surface area contributed by atoms with E-state index in [1.165, 1.54) is 15.6 Å². The number of hydrogen-bond donors (Lipinski definition) is 2. The predicted molar refractivity (Wildman–Crippen MR) is 64.3 cm³/mol. The molecule has 0 saturated carbocycles. The minimum atomic E-state index is 0.752. The van der Waals surface area contributed by atoms with Gasteiger partial charge in [-0.15, -0.1) is 0 Å². The van der Waals surface area contributed by atoms with Gasteiger partial charge in [-0.1, -0.05) is 28.1 Å². The molecular weight excluding hydrogens is 240 g/mol. The third-order valence-electron chi connectivity index (χ3n) is 2.08. The minimum absolute atomic E-state index is 0.752. The molecular formula is C11H17BrN2. The lowest BCUT2D eigenvalue weighted by Gasteiger charge is -2.06. The fraction of sp³-hybridized carbons (Fsp3) is 0.455. The maximum Gasteiger partial charge on any atom is 0.0222 e. The van der Waals surface area contributed by atoms with Crippen molar-refractivity contribution in [1.29, 1.82) is 0 Å². The molecule has 0 aliphatic heterocycles. The summed E-state index contributed by atoms with van der Waals surface area (Å²) < 4.78 is 1.18. The second kappa shape index (κ2) is 6.17. The quantitative estimate of drug-likeness (QED) is 0.793. The summed E-state index contributed by atoms with van der Waals surface area (Å²) in [4.78, 5) is 0. The lowest BCUT2D eigenvalue weighted by atomic mass is 10.1. The van der Waals surface area contributed by atoms with E-state index >= 15 is 0 Å². The Morgan fingerprint density at radius 1 is 1.43 bits per heavy atom. The number of benzene rings is 1. The third-order valence-corrected chi connectivity index (χ3v) is 2.82. The van der Waals surface area contributed by atoms with Gasteiger partial charge in [0.25, 0.3) is 0 Å². The molecule has 0 aromatic heterocycles. The second-order valence-electron chi connectivity index (χ2n) is 3.41. The molecule has 0 aliphatic carbocycles. The van der Waals surface area contributed by atoms with Crippen molar-refractivity contribution in [2.75, 3.05) is 13.1 Å². The zero-order valence-electron chi connectivity index (χ0n) is 8.52. The van der Waals surface area contributed by atoms with Crippen LogP contribution >= 0.6 is 15.9 Å². The molecule has 0 aliphatic rings. The van der Waals surface area contributed by atoms with Gasteiger partial charge in [0.15, 0.2) is 0 Å². The average molecular weight is 257 g/mol. The van der Waals surface area contributed by atoms with Crippen LogP contribution < -0.4 is 11.1 Å². The van der Waals surface area contributed by atoms with Crippen LogP contribution in [0.15, 0.2) is 22.7 Å². The van der Waals surface area contributed by atoms with Gasteiger partial charge in [0.05, 0.1) is 0 Å². The van der Waals surface area contributed by atoms with E-state index in [4.69, 9.17) is 5.73 Å². The van der Waals surface area contributed by atoms with Gasteiger partial charge < -0.3 is 11.1 Å². The van der Waals surface area contributed by atoms with Crippen molar-refractivity contribution in [3.8, 4) is 0 Å². The molecule has 0 radical (unpaired) electrons. The van der Waals surface area contributed by atoms with Crippen LogP contribution in [-0.4, -0.2) is 13.1 Å². The van der Waals surface area contributed by atoms with Gasteiger partial charge in [0.2, 0.25) is 0 Å². The Morgan fingerprint density at radius 2 is 2.21 bits per heavy atom. The first-order valence-corrected chi connectivity index (χ1v) is 5.69. The number of aryl methyl sites for hydroxylation is 1. The molecule has 0 spiro atoms. The van der Waals surface area contributed by atoms with Crippen molar-refractivity contribution in [1.82, 2.24) is 5.32 Å². The molecule has 1 aromatic rings. The summed E-state index contributed by atoms with van der Waals surface area (Å²) in [5, 5.41) is 3.35. The summed E-state index contributed by atoms with van der Waals surface area (Å²) >= 11 is 3.55. The Bertz CT molecular complexity index is 287. The Morgan fingerprint density at radius 3 is 2.86 bits per heavy atom. The molecule has 1 aromatic carbocycles. The monoisotopic (exact) mass is 256 g/mol. The van der Waals surface area contributed by atoms with Gasteiger partial charge in [-0.3, -0.25) is 0 Å². The van der Waals surface area contributed by atoms with Crippen molar-refractivity contribution >= 4 is 15.9 Å². The third kappa shape index (κ3) is 3.78. The summed E-state index contributed by atoms with van der Waals surface area (Å²) in [6.07, 6.45) is 1.03. The molecule has 78 valence electrons. The van der Waals surface area contributed by atoms with Gasteiger partial charge >= 0.3 is 0 Å². The van der Waals surface area contributed by atoms with E-state index in [0.717, 1.165) is 26.1 Å². The van der Waals surface area contributed by atoms with Crippen molar-refractivity contribution in [3.63, 3.8) is 0 Å². The van der Waals surface area contributed by atoms with Crippen molar-refractivity contribution in [3.05, 3.63) is 33.8 Å². The fourth-order valence-electron chi connectivity index (χ4n) is 1.25. The van der Waals surface area contributed by atoms with Crippen LogP contribution in [0.5, 0.6) is 0 Å². The van der Waals surface area contributed by atoms with Gasteiger partial charge in [0.1, 0.15) is 0 Å². The van der Waals surface area contributed by atoms with E-state index < -0.39 is 0 Å². The summed E-state index contributed by atoms with van der Waals surface area (Å²) in [5.74, 6) is 0. The van der Waals surface area contributed by atoms with Crippen LogP contribution in [0.1, 0.15) is 17.5 Å². The van der Waals surface area contributed by atoms with Crippen LogP contribution in [-0.2, 0) is 6.54 Å². The predicted octanol–water partition coefficient (Wildman–Crippen LogP) is 2.20. The average Bonchev–Trinajstić information content (AvgIpc) is 2.15. The molecule has 3 heteroatoms. The zero-order valence-corrected chi connectivity index (χ0v) is 10.1. The standard InChI is InChI=1S/C11H17BrN2/c1-9-3-4-10(11(12)7-9)8-14-6-2-5-13/h3-4,7,14H,2,5-6,8,13H2,1H3. The zero-order chi connectivity index (χ0) is 10.4. The van der Waals surface area contributed by atoms with Crippen molar-refractivity contribution in [2.45, 2.75) is 19.9 Å². The highest BCUT2D eigenvalue weighted by Crippen LogP contribution is 2.17. The van der Waals surface area contributed by atoms with E-state index in [9.17, 15) is 0 Å². The first-order chi connectivity index (χ1) is 6.74. The van der Waals surface area contributed by atoms with Crippen LogP contribution in [0.4, 0.5) is 0 Å². The summed E-state index contributed by atoms with van der Waals surface area (Å²) in [5.41, 5.74) is 7.99. The Kier molecular flexibility index (Phi) is 5.15. The largest absolute Gasteiger partial charge is 0.330 e. The lowest BCUT2D eigenvalue weighted by Crippen LogP contribution is -2.17. The molecule has 0 unspecified atom stereocenters. The topological polar surface area (TPSA) is 38.0 Å². The molecule has 0 bridgehead atoms. The smallest absolute Gasteiger partial charge is 0.0222 e. The summed E-state index contributed by atoms with van der Waals surface area (Å²) in [7, 11) is 0. The summed E-state index contributed by atoms with van der Waals surface area (Å²) in [6.45, 7) is 4.73. The fourth-order valence-corrected chi connectivity index (χ4v) is 1.88. The number of nitrogens with two attached hydrogens (primary N) is 1. The van der Waals surface area contributed by atoms with Crippen LogP contribution in [0.3, 0.4) is 0 Å². The lowest BCUT2D eigenvalue weighted by molar-refractivity contribution is 0.654. The van der Waals surface area contributed by atoms with Crippen LogP contribution in [0.25, 0.3) is 0 Å². The maximum absolute atomic E-state index is 5.41. The van der Waals surface area contributed by atoms with E-state index in [1.807, 2.05) is 0 Å². The van der Waals surface area contributed by atoms with Crippen molar-refractivity contribution in [2.24, 2.45) is 5.73 Å². The maximum atomic E-state index is 5.41. The Labute approximate surface area is 94.0 Å². The van der Waals surface area contributed by atoms with Crippen LogP contribution in [0.2, 0.25) is 0 Å². The number of hydrogen-bond acceptors (Lipinski definition) is 2. The highest BCUT2D eigenvalue weighted by atomic mass is 79.9. The van der Waals surface area contributed by atoms with Crippen molar-refractivity contribution < 1.29 is 0 Å². The van der Waals surface area contributed by atoms with Crippen LogP contribution in [0, 0.1) is 6.92 Å². The Balaban J connectivity index is 2.42. The number of nitrogens with one attached hydrogen (secondary N) is 1. The van der Waals surface area contributed by atoms with E-state index in [-0.39, 0.29) is 0 Å². The molecule has 1 rings (SSSR count). The van der Waals surface area contributed by atoms with Gasteiger partial charge in [-0.2, -0.15) is 0 Å². The number of rotatable bonds is 5. The molecule has 0 heterocycles. The SMILES string of the molecule is Cc1ccc(CNCCCN)c(Br)c1. The van der Waals surface area contributed by atoms with E-state index in [0.29, 0.717) is 0 Å². The van der Waals surface area contributed by atoms with Gasteiger partial charge in [0, 0.05) is 11.0 Å². The molecule has 0 fully saturated rings. The number of halogens is 1. The second-order valence-corrected chi connectivity index (χ2v) is 4.27. The first kappa shape index (κ1) is 11.7. The highest BCUT2D eigenvalue weighted by Gasteiger charge is 1.98. The highest BCUT2D eigenvalue weighted by molar-refractivity contribution is 9.10. The van der Waals surface area contributed by atoms with Gasteiger partial charge in [-0.05, 0) is 43.6 Å². The van der Waals surface area contributed by atoms with Gasteiger partial charge in [-0.25, -0.2) is 0 Å². The van der Waals surface area contributed by atoms with E-state index in [1.54, 1.807) is 0 Å². The first-order valence-electron chi connectivity index (χ1n) is 4.90. The molecule has 0 saturated heterocycles. The molecule has 3 N–H and O–H groups in total. The summed E-state index contributed by atoms with van der Waals surface area (Å²) in [6, 6.07) is 6.42. The molecule has 0 atom stereocenters. The van der Waals surface area contributed by atoms with E-state index in [2.05, 4.69) is 46.4 Å². The Hall–Kier alpha value is -0.380. The molecule has 14 heavy (non-hydrogen) atoms. The molecule has 2 nitrogen and oxygen atoms in total. The molecule has 0 amide bonds. The normalized spacial score (nSPS) is 10.5.